The summed E-state index contributed by atoms with van der Waals surface area (Å²) >= 11 is 0. The summed E-state index contributed by atoms with van der Waals surface area (Å²) in [4.78, 5) is 71.9. The molecule has 0 saturated heterocycles. The number of hydrogen-bond donors (Lipinski definition) is 4. The minimum absolute atomic E-state index is 0.0297. The quantitative estimate of drug-likeness (QED) is 0.0401. The molecular formula is C52H50N4O8. The lowest BCUT2D eigenvalue weighted by Gasteiger charge is -2.20. The number of esters is 2. The molecule has 6 rings (SSSR count). The van der Waals surface area contributed by atoms with Crippen molar-refractivity contribution in [2.24, 2.45) is 0 Å². The molecule has 0 fully saturated rings. The van der Waals surface area contributed by atoms with Crippen LogP contribution in [0.2, 0.25) is 0 Å². The van der Waals surface area contributed by atoms with Gasteiger partial charge in [0.2, 0.25) is 23.6 Å². The maximum atomic E-state index is 12.8. The standard InChI is InChI=1S/C52H50N4O8/c1-33(57)53-45-21-13-41(14-22-45)51(42-15-23-46(24-16-42)54-34(2)58)39-9-5-37(6-10-39)31-49(61)63-29-30-64-50(62)32-38-7-11-40(12-8-38)52(43-17-25-47(26-18-43)55-35(3)59)44-19-27-48(28-20-44)56-36(4)60/h5-28,51-52H,29-32H2,1-4H3,(H,53,57)(H,54,58)(H,55,59)(H,56,60). The van der Waals surface area contributed by atoms with E-state index in [1.807, 2.05) is 146 Å². The van der Waals surface area contributed by atoms with E-state index in [0.29, 0.717) is 22.7 Å². The monoisotopic (exact) mass is 858 g/mol. The molecule has 0 radical (unpaired) electrons. The normalized spacial score (nSPS) is 10.8. The predicted molar refractivity (Wildman–Crippen MR) is 247 cm³/mol. The zero-order chi connectivity index (χ0) is 45.6. The summed E-state index contributed by atoms with van der Waals surface area (Å²) in [5.41, 5.74) is 10.1. The van der Waals surface area contributed by atoms with E-state index in [1.165, 1.54) is 27.7 Å². The first-order valence-electron chi connectivity index (χ1n) is 20.8. The molecule has 12 heteroatoms. The second-order valence-electron chi connectivity index (χ2n) is 15.4. The van der Waals surface area contributed by atoms with Gasteiger partial charge in [-0.05, 0) is 93.0 Å². The van der Waals surface area contributed by atoms with Crippen molar-refractivity contribution in [3.05, 3.63) is 190 Å². The second-order valence-corrected chi connectivity index (χ2v) is 15.4. The van der Waals surface area contributed by atoms with E-state index in [9.17, 15) is 28.8 Å². The van der Waals surface area contributed by atoms with Crippen molar-refractivity contribution in [2.45, 2.75) is 52.4 Å². The summed E-state index contributed by atoms with van der Waals surface area (Å²) in [5, 5.41) is 11.2. The molecule has 12 nitrogen and oxygen atoms in total. The Kier molecular flexibility index (Phi) is 15.5. The maximum Gasteiger partial charge on any atom is 0.310 e. The lowest BCUT2D eigenvalue weighted by atomic mass is 9.84. The second kappa shape index (κ2) is 21.8. The number of ether oxygens (including phenoxy) is 2. The molecule has 0 unspecified atom stereocenters. The van der Waals surface area contributed by atoms with Crippen LogP contribution in [-0.4, -0.2) is 48.8 Å². The van der Waals surface area contributed by atoms with Gasteiger partial charge in [0.1, 0.15) is 13.2 Å². The predicted octanol–water partition coefficient (Wildman–Crippen LogP) is 8.75. The minimum Gasteiger partial charge on any atom is -0.462 e. The Hall–Kier alpha value is -7.86. The Balaban J connectivity index is 1.02. The van der Waals surface area contributed by atoms with Crippen LogP contribution in [0.3, 0.4) is 0 Å². The Morgan fingerprint density at radius 2 is 0.547 bits per heavy atom. The molecular weight excluding hydrogens is 809 g/mol. The average Bonchev–Trinajstić information content (AvgIpc) is 3.25. The molecule has 64 heavy (non-hydrogen) atoms. The Morgan fingerprint density at radius 1 is 0.344 bits per heavy atom. The topological polar surface area (TPSA) is 169 Å². The lowest BCUT2D eigenvalue weighted by Crippen LogP contribution is -2.16. The fourth-order valence-electron chi connectivity index (χ4n) is 7.41. The zero-order valence-corrected chi connectivity index (χ0v) is 36.1. The highest BCUT2D eigenvalue weighted by atomic mass is 16.6. The molecule has 4 amide bonds. The summed E-state index contributed by atoms with van der Waals surface area (Å²) < 4.78 is 10.8. The van der Waals surface area contributed by atoms with Crippen molar-refractivity contribution in [3.63, 3.8) is 0 Å². The van der Waals surface area contributed by atoms with Crippen LogP contribution in [-0.2, 0) is 51.1 Å². The van der Waals surface area contributed by atoms with Crippen molar-refractivity contribution in [3.8, 4) is 0 Å². The number of hydrogen-bond acceptors (Lipinski definition) is 8. The van der Waals surface area contributed by atoms with E-state index in [0.717, 1.165) is 44.5 Å². The van der Waals surface area contributed by atoms with Crippen LogP contribution in [0.25, 0.3) is 0 Å². The summed E-state index contributed by atoms with van der Waals surface area (Å²) in [6.07, 6.45) is 0.0594. The van der Waals surface area contributed by atoms with Crippen LogP contribution < -0.4 is 21.3 Å². The van der Waals surface area contributed by atoms with Crippen molar-refractivity contribution in [2.75, 3.05) is 34.5 Å². The molecule has 0 bridgehead atoms. The lowest BCUT2D eigenvalue weighted by molar-refractivity contribution is -0.151. The Morgan fingerprint density at radius 3 is 0.750 bits per heavy atom. The SMILES string of the molecule is CC(=O)Nc1ccc(C(c2ccc(CC(=O)OCCOC(=O)Cc3ccc(C(c4ccc(NC(C)=O)cc4)c4ccc(NC(C)=O)cc4)cc3)cc2)c2ccc(NC(C)=O)cc2)cc1. The third kappa shape index (κ3) is 13.3. The van der Waals surface area contributed by atoms with E-state index in [4.69, 9.17) is 9.47 Å². The van der Waals surface area contributed by atoms with Gasteiger partial charge in [0.25, 0.3) is 0 Å². The van der Waals surface area contributed by atoms with Crippen LogP contribution in [0, 0.1) is 0 Å². The third-order valence-electron chi connectivity index (χ3n) is 10.2. The van der Waals surface area contributed by atoms with Gasteiger partial charge in [0, 0.05) is 62.3 Å². The summed E-state index contributed by atoms with van der Waals surface area (Å²) in [6, 6.07) is 45.8. The number of nitrogens with one attached hydrogen (secondary N) is 4. The van der Waals surface area contributed by atoms with E-state index in [2.05, 4.69) is 21.3 Å². The van der Waals surface area contributed by atoms with Gasteiger partial charge in [-0.15, -0.1) is 0 Å². The highest BCUT2D eigenvalue weighted by molar-refractivity contribution is 5.90. The largest absolute Gasteiger partial charge is 0.462 e. The molecule has 0 heterocycles. The zero-order valence-electron chi connectivity index (χ0n) is 36.1. The van der Waals surface area contributed by atoms with E-state index in [-0.39, 0.29) is 61.5 Å². The molecule has 6 aromatic rings. The van der Waals surface area contributed by atoms with Crippen LogP contribution in [0.1, 0.15) is 84.0 Å². The van der Waals surface area contributed by atoms with Gasteiger partial charge in [-0.1, -0.05) is 97.1 Å². The van der Waals surface area contributed by atoms with Crippen molar-refractivity contribution in [1.82, 2.24) is 0 Å². The summed E-state index contributed by atoms with van der Waals surface area (Å²) in [7, 11) is 0. The highest BCUT2D eigenvalue weighted by Gasteiger charge is 2.20. The number of anilines is 4. The molecule has 6 aromatic carbocycles. The molecule has 4 N–H and O–H groups in total. The molecule has 0 saturated carbocycles. The van der Waals surface area contributed by atoms with Crippen LogP contribution in [0.15, 0.2) is 146 Å². The van der Waals surface area contributed by atoms with Crippen LogP contribution in [0.5, 0.6) is 0 Å². The summed E-state index contributed by atoms with van der Waals surface area (Å²) in [6.45, 7) is 5.66. The molecule has 0 aromatic heterocycles. The van der Waals surface area contributed by atoms with Crippen molar-refractivity contribution in [1.29, 1.82) is 0 Å². The fourth-order valence-corrected chi connectivity index (χ4v) is 7.41. The number of amides is 4. The molecule has 0 atom stereocenters. The number of rotatable bonds is 17. The van der Waals surface area contributed by atoms with Gasteiger partial charge in [-0.25, -0.2) is 0 Å². The van der Waals surface area contributed by atoms with E-state index < -0.39 is 11.9 Å². The number of carbonyl (C=O) groups excluding carboxylic acids is 6. The fraction of sp³-hybridized carbons (Fsp3) is 0.192. The number of benzene rings is 6. The maximum absolute atomic E-state index is 12.8. The molecule has 0 aliphatic carbocycles. The number of carbonyl (C=O) groups is 6. The van der Waals surface area contributed by atoms with Gasteiger partial charge >= 0.3 is 11.9 Å². The van der Waals surface area contributed by atoms with Crippen LogP contribution >= 0.6 is 0 Å². The van der Waals surface area contributed by atoms with Gasteiger partial charge in [-0.2, -0.15) is 0 Å². The third-order valence-corrected chi connectivity index (χ3v) is 10.2. The van der Waals surface area contributed by atoms with Gasteiger partial charge in [-0.3, -0.25) is 28.8 Å². The smallest absolute Gasteiger partial charge is 0.310 e. The van der Waals surface area contributed by atoms with Gasteiger partial charge in [0.05, 0.1) is 12.8 Å². The summed E-state index contributed by atoms with van der Waals surface area (Å²) in [5.74, 6) is -1.90. The Labute approximate surface area is 372 Å². The van der Waals surface area contributed by atoms with Crippen molar-refractivity contribution >= 4 is 58.3 Å². The van der Waals surface area contributed by atoms with Gasteiger partial charge in [0.15, 0.2) is 0 Å². The molecule has 326 valence electrons. The first-order chi connectivity index (χ1) is 30.8. The average molecular weight is 859 g/mol. The molecule has 0 spiro atoms. The first kappa shape index (κ1) is 45.7. The highest BCUT2D eigenvalue weighted by Crippen LogP contribution is 2.35. The Bertz CT molecular complexity index is 2270. The van der Waals surface area contributed by atoms with E-state index in [1.54, 1.807) is 0 Å². The molecule has 0 aliphatic rings. The van der Waals surface area contributed by atoms with E-state index >= 15 is 0 Å². The van der Waals surface area contributed by atoms with Crippen LogP contribution in [0.4, 0.5) is 22.7 Å². The molecule has 0 aliphatic heterocycles. The van der Waals surface area contributed by atoms with Gasteiger partial charge < -0.3 is 30.7 Å². The first-order valence-corrected chi connectivity index (χ1v) is 20.8. The van der Waals surface area contributed by atoms with Crippen molar-refractivity contribution < 1.29 is 38.2 Å². The minimum atomic E-state index is -0.456.